The molecule has 0 amide bonds. The summed E-state index contributed by atoms with van der Waals surface area (Å²) in [6, 6.07) is 8.48. The number of benzene rings is 1. The third-order valence-corrected chi connectivity index (χ3v) is 2.96. The number of nitrogens with two attached hydrogens (primary N) is 1. The maximum atomic E-state index is 5.66. The van der Waals surface area contributed by atoms with Gasteiger partial charge in [0.05, 0.1) is 6.10 Å². The molecule has 1 fully saturated rings. The highest BCUT2D eigenvalue weighted by atomic mass is 16.5. The average Bonchev–Trinajstić information content (AvgIpc) is 2.54. The summed E-state index contributed by atoms with van der Waals surface area (Å²) in [6.45, 7) is 5.64. The Kier molecular flexibility index (Phi) is 3.80. The smallest absolute Gasteiger partial charge is 0.0721 e. The summed E-state index contributed by atoms with van der Waals surface area (Å²) in [5.41, 5.74) is 8.12. The van der Waals surface area contributed by atoms with Gasteiger partial charge in [-0.1, -0.05) is 12.1 Å². The van der Waals surface area contributed by atoms with Crippen molar-refractivity contribution in [2.45, 2.75) is 26.0 Å². The topological polar surface area (TPSA) is 38.5 Å². The van der Waals surface area contributed by atoms with Crippen molar-refractivity contribution >= 4 is 5.69 Å². The maximum Gasteiger partial charge on any atom is 0.0721 e. The molecule has 2 rings (SSSR count). The van der Waals surface area contributed by atoms with Crippen LogP contribution in [0.1, 0.15) is 18.9 Å². The molecule has 3 nitrogen and oxygen atoms in total. The lowest BCUT2D eigenvalue weighted by atomic mass is 10.2. The molecule has 0 bridgehead atoms. The van der Waals surface area contributed by atoms with Crippen molar-refractivity contribution in [2.24, 2.45) is 5.73 Å². The molecule has 1 atom stereocenters. The number of hydrogen-bond acceptors (Lipinski definition) is 3. The van der Waals surface area contributed by atoms with Gasteiger partial charge >= 0.3 is 0 Å². The van der Waals surface area contributed by atoms with Gasteiger partial charge in [0, 0.05) is 31.9 Å². The molecule has 3 heteroatoms. The molecule has 88 valence electrons. The van der Waals surface area contributed by atoms with Crippen LogP contribution in [0.2, 0.25) is 0 Å². The van der Waals surface area contributed by atoms with Crippen LogP contribution < -0.4 is 10.6 Å². The van der Waals surface area contributed by atoms with E-state index in [9.17, 15) is 0 Å². The molecule has 1 unspecified atom stereocenters. The van der Waals surface area contributed by atoms with Crippen molar-refractivity contribution in [3.05, 3.63) is 29.8 Å². The van der Waals surface area contributed by atoms with E-state index in [-0.39, 0.29) is 0 Å². The van der Waals surface area contributed by atoms with E-state index in [4.69, 9.17) is 10.5 Å². The van der Waals surface area contributed by atoms with E-state index in [0.717, 1.165) is 26.1 Å². The summed E-state index contributed by atoms with van der Waals surface area (Å²) < 4.78 is 5.64. The summed E-state index contributed by atoms with van der Waals surface area (Å²) in [7, 11) is 0. The Bertz CT molecular complexity index is 340. The van der Waals surface area contributed by atoms with Gasteiger partial charge in [-0.15, -0.1) is 0 Å². The van der Waals surface area contributed by atoms with Gasteiger partial charge in [0.25, 0.3) is 0 Å². The average molecular weight is 220 g/mol. The number of anilines is 1. The minimum atomic E-state index is 0.309. The predicted molar refractivity (Wildman–Crippen MR) is 66.6 cm³/mol. The summed E-state index contributed by atoms with van der Waals surface area (Å²) in [6.07, 6.45) is 1.40. The summed E-state index contributed by atoms with van der Waals surface area (Å²) in [5.74, 6) is 0. The molecule has 0 aliphatic carbocycles. The fourth-order valence-electron chi connectivity index (χ4n) is 2.11. The molecule has 1 aliphatic rings. The Morgan fingerprint density at radius 2 is 2.38 bits per heavy atom. The molecular weight excluding hydrogens is 200 g/mol. The first-order valence-electron chi connectivity index (χ1n) is 5.95. The van der Waals surface area contributed by atoms with Gasteiger partial charge in [0.2, 0.25) is 0 Å². The Hall–Kier alpha value is -1.06. The zero-order chi connectivity index (χ0) is 11.4. The van der Waals surface area contributed by atoms with Gasteiger partial charge in [0.1, 0.15) is 0 Å². The van der Waals surface area contributed by atoms with Gasteiger partial charge in [-0.25, -0.2) is 0 Å². The minimum absolute atomic E-state index is 0.309. The number of rotatable bonds is 2. The molecule has 0 saturated carbocycles. The fraction of sp³-hybridized carbons (Fsp3) is 0.538. The van der Waals surface area contributed by atoms with E-state index in [1.807, 2.05) is 0 Å². The second-order valence-electron chi connectivity index (χ2n) is 4.36. The summed E-state index contributed by atoms with van der Waals surface area (Å²) >= 11 is 0. The van der Waals surface area contributed by atoms with Crippen molar-refractivity contribution < 1.29 is 4.74 Å². The normalized spacial score (nSPS) is 21.9. The fourth-order valence-corrected chi connectivity index (χ4v) is 2.11. The Morgan fingerprint density at radius 3 is 3.19 bits per heavy atom. The Labute approximate surface area is 97.2 Å². The SMILES string of the molecule is CC1CN(c2cccc(CN)c2)CCCO1. The molecule has 1 heterocycles. The predicted octanol–water partition coefficient (Wildman–Crippen LogP) is 1.76. The molecule has 0 radical (unpaired) electrons. The molecule has 1 saturated heterocycles. The van der Waals surface area contributed by atoms with Gasteiger partial charge in [0.15, 0.2) is 0 Å². The van der Waals surface area contributed by atoms with Crippen LogP contribution in [-0.4, -0.2) is 25.8 Å². The van der Waals surface area contributed by atoms with Crippen LogP contribution in [0.5, 0.6) is 0 Å². The van der Waals surface area contributed by atoms with Crippen molar-refractivity contribution in [3.63, 3.8) is 0 Å². The highest BCUT2D eigenvalue weighted by Crippen LogP contribution is 2.19. The van der Waals surface area contributed by atoms with Crippen LogP contribution >= 0.6 is 0 Å². The van der Waals surface area contributed by atoms with Crippen LogP contribution in [0.4, 0.5) is 5.69 Å². The van der Waals surface area contributed by atoms with E-state index in [1.165, 1.54) is 11.3 Å². The summed E-state index contributed by atoms with van der Waals surface area (Å²) in [4.78, 5) is 2.39. The highest BCUT2D eigenvalue weighted by molar-refractivity contribution is 5.48. The zero-order valence-corrected chi connectivity index (χ0v) is 9.86. The van der Waals surface area contributed by atoms with E-state index in [0.29, 0.717) is 12.6 Å². The number of hydrogen-bond donors (Lipinski definition) is 1. The van der Waals surface area contributed by atoms with Crippen LogP contribution in [0.15, 0.2) is 24.3 Å². The molecule has 1 aliphatic heterocycles. The van der Waals surface area contributed by atoms with Crippen molar-refractivity contribution in [1.29, 1.82) is 0 Å². The van der Waals surface area contributed by atoms with Crippen molar-refractivity contribution in [1.82, 2.24) is 0 Å². The van der Waals surface area contributed by atoms with E-state index < -0.39 is 0 Å². The first-order chi connectivity index (χ1) is 7.79. The molecule has 0 spiro atoms. The zero-order valence-electron chi connectivity index (χ0n) is 9.86. The minimum Gasteiger partial charge on any atom is -0.377 e. The summed E-state index contributed by atoms with van der Waals surface area (Å²) in [5, 5.41) is 0. The van der Waals surface area contributed by atoms with E-state index >= 15 is 0 Å². The van der Waals surface area contributed by atoms with Crippen molar-refractivity contribution in [3.8, 4) is 0 Å². The van der Waals surface area contributed by atoms with Crippen LogP contribution in [0.25, 0.3) is 0 Å². The van der Waals surface area contributed by atoms with Crippen molar-refractivity contribution in [2.75, 3.05) is 24.6 Å². The van der Waals surface area contributed by atoms with Gasteiger partial charge < -0.3 is 15.4 Å². The monoisotopic (exact) mass is 220 g/mol. The molecule has 1 aromatic carbocycles. The quantitative estimate of drug-likeness (QED) is 0.825. The molecular formula is C13H20N2O. The number of nitrogens with zero attached hydrogens (tertiary/aromatic N) is 1. The maximum absolute atomic E-state index is 5.66. The molecule has 1 aromatic rings. The Balaban J connectivity index is 2.14. The Morgan fingerprint density at radius 1 is 1.50 bits per heavy atom. The van der Waals surface area contributed by atoms with Gasteiger partial charge in [-0.3, -0.25) is 0 Å². The lowest BCUT2D eigenvalue weighted by Gasteiger charge is -2.24. The lowest BCUT2D eigenvalue weighted by molar-refractivity contribution is 0.0821. The van der Waals surface area contributed by atoms with Crippen LogP contribution in [0, 0.1) is 0 Å². The van der Waals surface area contributed by atoms with Gasteiger partial charge in [-0.05, 0) is 31.0 Å². The van der Waals surface area contributed by atoms with Gasteiger partial charge in [-0.2, -0.15) is 0 Å². The second kappa shape index (κ2) is 5.32. The second-order valence-corrected chi connectivity index (χ2v) is 4.36. The third-order valence-electron chi connectivity index (χ3n) is 2.96. The first-order valence-corrected chi connectivity index (χ1v) is 5.95. The third kappa shape index (κ3) is 2.74. The highest BCUT2D eigenvalue weighted by Gasteiger charge is 2.15. The molecule has 0 aromatic heterocycles. The lowest BCUT2D eigenvalue weighted by Crippen LogP contribution is -2.30. The largest absolute Gasteiger partial charge is 0.377 e. The van der Waals surface area contributed by atoms with E-state index in [1.54, 1.807) is 0 Å². The van der Waals surface area contributed by atoms with Crippen LogP contribution in [0.3, 0.4) is 0 Å². The molecule has 16 heavy (non-hydrogen) atoms. The van der Waals surface area contributed by atoms with E-state index in [2.05, 4.69) is 36.1 Å². The standard InChI is InChI=1S/C13H20N2O/c1-11-10-15(6-3-7-16-11)13-5-2-4-12(8-13)9-14/h2,4-5,8,11H,3,6-7,9-10,14H2,1H3. The van der Waals surface area contributed by atoms with Crippen LogP contribution in [-0.2, 0) is 11.3 Å². The molecule has 2 N–H and O–H groups in total. The first kappa shape index (κ1) is 11.4. The number of ether oxygens (including phenoxy) is 1.